The average molecular weight is 312 g/mol. The molecule has 0 heterocycles. The van der Waals surface area contributed by atoms with Gasteiger partial charge < -0.3 is 9.47 Å². The van der Waals surface area contributed by atoms with E-state index < -0.39 is 0 Å². The molecule has 0 aliphatic heterocycles. The van der Waals surface area contributed by atoms with Gasteiger partial charge >= 0.3 is 11.9 Å². The van der Waals surface area contributed by atoms with Crippen molar-refractivity contribution in [2.45, 2.75) is 51.4 Å². The topological polar surface area (TPSA) is 52.6 Å². The molecule has 0 spiro atoms. The van der Waals surface area contributed by atoms with Gasteiger partial charge in [-0.25, -0.2) is 0 Å². The van der Waals surface area contributed by atoms with E-state index in [1.54, 1.807) is 0 Å². The Hall–Kier alpha value is -0.541. The maximum Gasteiger partial charge on any atom is 0.308 e. The second kappa shape index (κ2) is 10.3. The van der Waals surface area contributed by atoms with Crippen LogP contribution in [0.3, 0.4) is 0 Å². The number of hydrogen-bond donors (Lipinski definition) is 0. The van der Waals surface area contributed by atoms with E-state index in [0.29, 0.717) is 0 Å². The summed E-state index contributed by atoms with van der Waals surface area (Å²) in [5.74, 6) is 0.394. The quantitative estimate of drug-likeness (QED) is 0.581. The first-order chi connectivity index (χ1) is 8.69. The van der Waals surface area contributed by atoms with Gasteiger partial charge in [0.2, 0.25) is 0 Å². The maximum atomic E-state index is 10.8. The van der Waals surface area contributed by atoms with Crippen LogP contribution >= 0.6 is 0 Å². The van der Waals surface area contributed by atoms with E-state index in [1.165, 1.54) is 39.9 Å². The number of rotatable bonds is 2. The molecule has 0 aromatic heterocycles. The minimum Gasteiger partial charge on any atom is -0.469 e. The molecule has 112 valence electrons. The van der Waals surface area contributed by atoms with Gasteiger partial charge in [0, 0.05) is 17.1 Å². The first-order valence-electron chi connectivity index (χ1n) is 6.84. The summed E-state index contributed by atoms with van der Waals surface area (Å²) in [6, 6.07) is 0. The fourth-order valence-electron chi connectivity index (χ4n) is 2.66. The molecule has 19 heavy (non-hydrogen) atoms. The van der Waals surface area contributed by atoms with Gasteiger partial charge in [0.15, 0.2) is 0 Å². The number of methoxy groups -OCH3 is 2. The van der Waals surface area contributed by atoms with Gasteiger partial charge in [0.25, 0.3) is 0 Å². The predicted molar refractivity (Wildman–Crippen MR) is 67.9 cm³/mol. The summed E-state index contributed by atoms with van der Waals surface area (Å²) in [6.07, 6.45) is 8.91. The largest absolute Gasteiger partial charge is 0.469 e. The molecule has 0 N–H and O–H groups in total. The van der Waals surface area contributed by atoms with E-state index >= 15 is 0 Å². The van der Waals surface area contributed by atoms with Crippen molar-refractivity contribution >= 4 is 11.9 Å². The van der Waals surface area contributed by atoms with Crippen LogP contribution in [-0.4, -0.2) is 26.2 Å². The first-order valence-corrected chi connectivity index (χ1v) is 6.84. The van der Waals surface area contributed by atoms with E-state index in [1.807, 2.05) is 0 Å². The zero-order valence-electron chi connectivity index (χ0n) is 11.8. The molecule has 0 aromatic carbocycles. The minimum atomic E-state index is -0.0208. The zero-order chi connectivity index (χ0) is 13.4. The summed E-state index contributed by atoms with van der Waals surface area (Å²) in [5, 5.41) is 0. The van der Waals surface area contributed by atoms with Crippen molar-refractivity contribution in [2.75, 3.05) is 14.2 Å². The molecule has 0 aromatic rings. The molecule has 0 amide bonds. The molecule has 0 saturated heterocycles. The van der Waals surface area contributed by atoms with E-state index in [4.69, 9.17) is 0 Å². The Bertz CT molecular complexity index is 241. The van der Waals surface area contributed by atoms with Crippen LogP contribution in [0.2, 0.25) is 0 Å². The second-order valence-electron chi connectivity index (χ2n) is 5.01. The number of hydrogen-bond acceptors (Lipinski definition) is 4. The summed E-state index contributed by atoms with van der Waals surface area (Å²) in [7, 11) is 2.92. The summed E-state index contributed by atoms with van der Waals surface area (Å²) >= 11 is 0. The van der Waals surface area contributed by atoms with Crippen molar-refractivity contribution < 1.29 is 36.1 Å². The first kappa shape index (κ1) is 18.5. The van der Waals surface area contributed by atoms with Crippen LogP contribution < -0.4 is 0 Å². The van der Waals surface area contributed by atoms with Gasteiger partial charge in [-0.3, -0.25) is 9.59 Å². The van der Waals surface area contributed by atoms with Crippen molar-refractivity contribution in [1.29, 1.82) is 0 Å². The molecule has 2 saturated carbocycles. The molecule has 2 fully saturated rings. The molecule has 2 aliphatic rings. The monoisotopic (exact) mass is 312 g/mol. The third kappa shape index (κ3) is 6.44. The summed E-state index contributed by atoms with van der Waals surface area (Å²) < 4.78 is 9.19. The summed E-state index contributed by atoms with van der Waals surface area (Å²) in [5.41, 5.74) is 0. The van der Waals surface area contributed by atoms with Crippen LogP contribution in [0.5, 0.6) is 0 Å². The molecule has 5 heteroatoms. The van der Waals surface area contributed by atoms with Crippen LogP contribution in [0.1, 0.15) is 51.4 Å². The number of carbonyl (C=O) groups excluding carboxylic acids is 2. The standard InChI is InChI=1S/2C7H12O2.Fe/c2*1-9-7(8)6-4-2-3-5-6;/h2*6H,2-5H2,1H3;. The van der Waals surface area contributed by atoms with Crippen LogP contribution in [0.15, 0.2) is 0 Å². The van der Waals surface area contributed by atoms with Crippen LogP contribution in [0.25, 0.3) is 0 Å². The molecule has 0 unspecified atom stereocenters. The van der Waals surface area contributed by atoms with Gasteiger partial charge in [0.1, 0.15) is 0 Å². The fraction of sp³-hybridized carbons (Fsp3) is 0.857. The third-order valence-corrected chi connectivity index (χ3v) is 3.78. The SMILES string of the molecule is COC(=O)C1CCCC1.COC(=O)C1CCCC1.[Fe]. The van der Waals surface area contributed by atoms with Crippen LogP contribution in [0, 0.1) is 11.8 Å². The van der Waals surface area contributed by atoms with Gasteiger partial charge in [-0.05, 0) is 25.7 Å². The van der Waals surface area contributed by atoms with Crippen molar-refractivity contribution in [3.8, 4) is 0 Å². The number of esters is 2. The summed E-state index contributed by atoms with van der Waals surface area (Å²) in [6.45, 7) is 0. The van der Waals surface area contributed by atoms with E-state index in [2.05, 4.69) is 9.47 Å². The van der Waals surface area contributed by atoms with E-state index in [0.717, 1.165) is 25.7 Å². The van der Waals surface area contributed by atoms with Crippen molar-refractivity contribution in [3.63, 3.8) is 0 Å². The normalized spacial score (nSPS) is 19.1. The molecule has 2 aliphatic carbocycles. The van der Waals surface area contributed by atoms with Gasteiger partial charge in [-0.15, -0.1) is 0 Å². The van der Waals surface area contributed by atoms with Gasteiger partial charge in [-0.1, -0.05) is 25.7 Å². The molecule has 0 bridgehead atoms. The molecular weight excluding hydrogens is 288 g/mol. The molecule has 0 atom stereocenters. The summed E-state index contributed by atoms with van der Waals surface area (Å²) in [4.78, 5) is 21.6. The number of ether oxygens (including phenoxy) is 2. The fourth-order valence-corrected chi connectivity index (χ4v) is 2.66. The molecule has 4 nitrogen and oxygen atoms in total. The Balaban J connectivity index is 0.000000324. The smallest absolute Gasteiger partial charge is 0.308 e. The number of carbonyl (C=O) groups is 2. The molecule has 2 rings (SSSR count). The maximum absolute atomic E-state index is 10.8. The van der Waals surface area contributed by atoms with Crippen LogP contribution in [0.4, 0.5) is 0 Å². The Morgan fingerprint density at radius 1 is 0.737 bits per heavy atom. The van der Waals surface area contributed by atoms with Crippen LogP contribution in [-0.2, 0) is 36.1 Å². The third-order valence-electron chi connectivity index (χ3n) is 3.78. The van der Waals surface area contributed by atoms with E-state index in [-0.39, 0.29) is 40.8 Å². The minimum absolute atomic E-state index is 0. The Morgan fingerprint density at radius 3 is 1.21 bits per heavy atom. The Morgan fingerprint density at radius 2 is 1.00 bits per heavy atom. The van der Waals surface area contributed by atoms with E-state index in [9.17, 15) is 9.59 Å². The van der Waals surface area contributed by atoms with Crippen molar-refractivity contribution in [1.82, 2.24) is 0 Å². The Labute approximate surface area is 126 Å². The van der Waals surface area contributed by atoms with Gasteiger partial charge in [-0.2, -0.15) is 0 Å². The van der Waals surface area contributed by atoms with Crippen molar-refractivity contribution in [2.24, 2.45) is 11.8 Å². The Kier molecular flexibility index (Phi) is 9.98. The average Bonchev–Trinajstić information content (AvgIpc) is 3.09. The van der Waals surface area contributed by atoms with Crippen molar-refractivity contribution in [3.05, 3.63) is 0 Å². The molecule has 0 radical (unpaired) electrons. The van der Waals surface area contributed by atoms with Gasteiger partial charge in [0.05, 0.1) is 26.1 Å². The molecular formula is C14H24FeO4. The zero-order valence-corrected chi connectivity index (χ0v) is 12.9. The predicted octanol–water partition coefficient (Wildman–Crippen LogP) is 2.70. The second-order valence-corrected chi connectivity index (χ2v) is 5.01.